The van der Waals surface area contributed by atoms with Crippen molar-refractivity contribution in [1.82, 2.24) is 0 Å². The van der Waals surface area contributed by atoms with Crippen molar-refractivity contribution in [1.29, 1.82) is 0 Å². The topological polar surface area (TPSA) is 83.3 Å². The Morgan fingerprint density at radius 2 is 1.91 bits per heavy atom. The van der Waals surface area contributed by atoms with Crippen molar-refractivity contribution in [3.05, 3.63) is 73.5 Å². The number of hydrogen-bond donors (Lipinski definition) is 0. The number of carbonyl (C=O) groups is 1. The van der Waals surface area contributed by atoms with E-state index in [0.717, 1.165) is 24.3 Å². The van der Waals surface area contributed by atoms with Crippen molar-refractivity contribution >= 4 is 40.7 Å². The Hall–Kier alpha value is -2.44. The van der Waals surface area contributed by atoms with Crippen LogP contribution in [0.15, 0.2) is 36.4 Å². The largest absolute Gasteiger partial charge is 0.868 e. The minimum Gasteiger partial charge on any atom is -0.868 e. The van der Waals surface area contributed by atoms with Crippen LogP contribution in [0.25, 0.3) is 6.08 Å². The SMILES string of the molecule is O=C(/C=C/c1ccc([O-])c([N+](=O)[O-])c1)c1c(Cl)ccc(F)c1Cl. The summed E-state index contributed by atoms with van der Waals surface area (Å²) in [5, 5.41) is 21.6. The van der Waals surface area contributed by atoms with E-state index < -0.39 is 33.0 Å². The van der Waals surface area contributed by atoms with E-state index >= 15 is 0 Å². The van der Waals surface area contributed by atoms with Gasteiger partial charge in [-0.1, -0.05) is 41.4 Å². The summed E-state index contributed by atoms with van der Waals surface area (Å²) < 4.78 is 13.4. The van der Waals surface area contributed by atoms with E-state index in [-0.39, 0.29) is 16.1 Å². The van der Waals surface area contributed by atoms with Gasteiger partial charge in [-0.05, 0) is 29.5 Å². The van der Waals surface area contributed by atoms with Crippen molar-refractivity contribution in [2.45, 2.75) is 0 Å². The molecule has 0 saturated carbocycles. The molecule has 0 aliphatic heterocycles. The highest BCUT2D eigenvalue weighted by atomic mass is 35.5. The third kappa shape index (κ3) is 3.67. The predicted molar refractivity (Wildman–Crippen MR) is 82.3 cm³/mol. The Morgan fingerprint density at radius 3 is 2.57 bits per heavy atom. The van der Waals surface area contributed by atoms with Gasteiger partial charge < -0.3 is 5.11 Å². The van der Waals surface area contributed by atoms with Crippen molar-refractivity contribution in [3.63, 3.8) is 0 Å². The molecule has 0 atom stereocenters. The van der Waals surface area contributed by atoms with E-state index in [1.165, 1.54) is 18.2 Å². The van der Waals surface area contributed by atoms with E-state index in [1.807, 2.05) is 0 Å². The molecule has 2 aromatic carbocycles. The summed E-state index contributed by atoms with van der Waals surface area (Å²) in [6, 6.07) is 5.58. The second kappa shape index (κ2) is 6.76. The number of nitro groups is 1. The van der Waals surface area contributed by atoms with Gasteiger partial charge in [0, 0.05) is 6.07 Å². The standard InChI is InChI=1S/C15H8Cl2FNO4/c16-9-3-4-10(18)15(17)14(9)13(21)6-2-8-1-5-12(20)11(7-8)19(22)23/h1-7,20H/p-1/b6-2+. The van der Waals surface area contributed by atoms with Crippen LogP contribution in [0.5, 0.6) is 5.75 Å². The van der Waals surface area contributed by atoms with Gasteiger partial charge in [-0.15, -0.1) is 0 Å². The molecular formula is C15H7Cl2FNO4-. The lowest BCUT2D eigenvalue weighted by Crippen LogP contribution is -1.99. The lowest BCUT2D eigenvalue weighted by Gasteiger charge is -2.06. The second-order valence-corrected chi connectivity index (χ2v) is 5.19. The molecule has 2 aromatic rings. The molecule has 118 valence electrons. The number of nitrogens with zero attached hydrogens (tertiary/aromatic N) is 1. The average molecular weight is 355 g/mol. The maximum Gasteiger partial charge on any atom is 0.262 e. The van der Waals surface area contributed by atoms with Crippen LogP contribution in [0, 0.1) is 15.9 Å². The first-order chi connectivity index (χ1) is 10.8. The number of hydrogen-bond acceptors (Lipinski definition) is 4. The summed E-state index contributed by atoms with van der Waals surface area (Å²) in [6.45, 7) is 0. The van der Waals surface area contributed by atoms with Crippen LogP contribution < -0.4 is 5.11 Å². The van der Waals surface area contributed by atoms with Gasteiger partial charge in [0.25, 0.3) is 5.69 Å². The highest BCUT2D eigenvalue weighted by molar-refractivity contribution is 6.40. The second-order valence-electron chi connectivity index (χ2n) is 4.40. The Labute approximate surface area is 139 Å². The minimum atomic E-state index is -0.818. The average Bonchev–Trinajstić information content (AvgIpc) is 2.50. The highest BCUT2D eigenvalue weighted by Crippen LogP contribution is 2.28. The van der Waals surface area contributed by atoms with Gasteiger partial charge in [0.2, 0.25) is 0 Å². The van der Waals surface area contributed by atoms with Crippen LogP contribution >= 0.6 is 23.2 Å². The number of nitro benzene ring substituents is 1. The van der Waals surface area contributed by atoms with Crippen LogP contribution in [0.4, 0.5) is 10.1 Å². The molecule has 0 heterocycles. The van der Waals surface area contributed by atoms with Crippen LogP contribution in [0.3, 0.4) is 0 Å². The minimum absolute atomic E-state index is 0.0214. The molecule has 0 aliphatic rings. The smallest absolute Gasteiger partial charge is 0.262 e. The fourth-order valence-electron chi connectivity index (χ4n) is 1.79. The number of benzene rings is 2. The van der Waals surface area contributed by atoms with Gasteiger partial charge in [0.05, 0.1) is 20.5 Å². The lowest BCUT2D eigenvalue weighted by atomic mass is 10.1. The van der Waals surface area contributed by atoms with Crippen molar-refractivity contribution in [2.75, 3.05) is 0 Å². The third-order valence-electron chi connectivity index (χ3n) is 2.90. The number of halogens is 3. The maximum absolute atomic E-state index is 13.4. The van der Waals surface area contributed by atoms with Crippen molar-refractivity contribution in [2.24, 2.45) is 0 Å². The monoisotopic (exact) mass is 354 g/mol. The molecule has 5 nitrogen and oxygen atoms in total. The van der Waals surface area contributed by atoms with Crippen LogP contribution in [0.1, 0.15) is 15.9 Å². The van der Waals surface area contributed by atoms with Crippen molar-refractivity contribution < 1.29 is 19.2 Å². The molecule has 0 fully saturated rings. The van der Waals surface area contributed by atoms with Gasteiger partial charge in [0.15, 0.2) is 5.78 Å². The van der Waals surface area contributed by atoms with E-state index in [0.29, 0.717) is 0 Å². The Bertz CT molecular complexity index is 836. The summed E-state index contributed by atoms with van der Waals surface area (Å²) in [5.74, 6) is -2.21. The number of allylic oxidation sites excluding steroid dienone is 1. The fourth-order valence-corrected chi connectivity index (χ4v) is 2.35. The summed E-state index contributed by atoms with van der Waals surface area (Å²) in [6.07, 6.45) is 2.28. The van der Waals surface area contributed by atoms with Gasteiger partial charge >= 0.3 is 0 Å². The normalized spacial score (nSPS) is 10.9. The summed E-state index contributed by atoms with van der Waals surface area (Å²) >= 11 is 11.5. The van der Waals surface area contributed by atoms with E-state index in [4.69, 9.17) is 23.2 Å². The van der Waals surface area contributed by atoms with Crippen LogP contribution in [0.2, 0.25) is 10.0 Å². The molecule has 0 unspecified atom stereocenters. The molecule has 0 N–H and O–H groups in total. The Balaban J connectivity index is 2.34. The molecule has 0 radical (unpaired) electrons. The molecular weight excluding hydrogens is 348 g/mol. The zero-order valence-electron chi connectivity index (χ0n) is 11.3. The molecule has 23 heavy (non-hydrogen) atoms. The Morgan fingerprint density at radius 1 is 1.22 bits per heavy atom. The van der Waals surface area contributed by atoms with Crippen molar-refractivity contribution in [3.8, 4) is 5.75 Å². The summed E-state index contributed by atoms with van der Waals surface area (Å²) in [5.41, 5.74) is -0.561. The Kier molecular flexibility index (Phi) is 4.98. The lowest BCUT2D eigenvalue weighted by molar-refractivity contribution is -0.398. The van der Waals surface area contributed by atoms with E-state index in [1.54, 1.807) is 0 Å². The van der Waals surface area contributed by atoms with Gasteiger partial charge in [0.1, 0.15) is 5.82 Å². The molecule has 0 saturated heterocycles. The quantitative estimate of drug-likeness (QED) is 0.273. The number of rotatable bonds is 4. The molecule has 2 rings (SSSR count). The first-order valence-electron chi connectivity index (χ1n) is 6.12. The van der Waals surface area contributed by atoms with Gasteiger partial charge in [-0.2, -0.15) is 0 Å². The molecule has 8 heteroatoms. The zero-order valence-corrected chi connectivity index (χ0v) is 12.8. The van der Waals surface area contributed by atoms with Gasteiger partial charge in [-0.3, -0.25) is 14.9 Å². The molecule has 0 aliphatic carbocycles. The van der Waals surface area contributed by atoms with Gasteiger partial charge in [-0.25, -0.2) is 4.39 Å². The molecule has 0 spiro atoms. The fraction of sp³-hybridized carbons (Fsp3) is 0. The zero-order chi connectivity index (χ0) is 17.1. The third-order valence-corrected chi connectivity index (χ3v) is 3.58. The molecule has 0 aromatic heterocycles. The van der Waals surface area contributed by atoms with Crippen LogP contribution in [-0.4, -0.2) is 10.7 Å². The molecule has 0 bridgehead atoms. The van der Waals surface area contributed by atoms with E-state index in [2.05, 4.69) is 0 Å². The maximum atomic E-state index is 13.4. The van der Waals surface area contributed by atoms with E-state index in [9.17, 15) is 24.4 Å². The highest BCUT2D eigenvalue weighted by Gasteiger charge is 2.16. The first kappa shape index (κ1) is 16.9. The summed E-state index contributed by atoms with van der Waals surface area (Å²) in [7, 11) is 0. The van der Waals surface area contributed by atoms with Crippen LogP contribution in [-0.2, 0) is 0 Å². The molecule has 0 amide bonds. The number of ketones is 1. The number of carbonyl (C=O) groups excluding carboxylic acids is 1. The summed E-state index contributed by atoms with van der Waals surface area (Å²) in [4.78, 5) is 22.0. The first-order valence-corrected chi connectivity index (χ1v) is 6.88. The predicted octanol–water partition coefficient (Wildman–Crippen LogP) is 4.01.